The van der Waals surface area contributed by atoms with E-state index in [9.17, 15) is 10.1 Å². The van der Waals surface area contributed by atoms with Crippen LogP contribution in [0.15, 0.2) is 0 Å². The predicted molar refractivity (Wildman–Crippen MR) is 71.6 cm³/mol. The second-order valence-corrected chi connectivity index (χ2v) is 5.73. The van der Waals surface area contributed by atoms with Crippen LogP contribution in [0.2, 0.25) is 0 Å². The molecule has 0 saturated heterocycles. The summed E-state index contributed by atoms with van der Waals surface area (Å²) in [4.78, 5) is 13.3. The van der Waals surface area contributed by atoms with Crippen LogP contribution in [0.5, 0.6) is 0 Å². The van der Waals surface area contributed by atoms with Crippen molar-refractivity contribution in [2.45, 2.75) is 52.0 Å². The zero-order valence-electron chi connectivity index (χ0n) is 11.6. The van der Waals surface area contributed by atoms with Gasteiger partial charge in [-0.15, -0.1) is 0 Å². The Labute approximate surface area is 110 Å². The molecule has 2 atom stereocenters. The summed E-state index contributed by atoms with van der Waals surface area (Å²) in [6.45, 7) is 5.38. The van der Waals surface area contributed by atoms with Gasteiger partial charge in [-0.2, -0.15) is 5.26 Å². The Morgan fingerprint density at radius 3 is 2.61 bits per heavy atom. The van der Waals surface area contributed by atoms with Crippen molar-refractivity contribution in [3.63, 3.8) is 0 Å². The number of nitriles is 1. The third kappa shape index (κ3) is 4.66. The van der Waals surface area contributed by atoms with Gasteiger partial charge in [0.25, 0.3) is 0 Å². The molecule has 102 valence electrons. The number of primary amides is 1. The van der Waals surface area contributed by atoms with Gasteiger partial charge in [0, 0.05) is 12.6 Å². The normalized spacial score (nSPS) is 24.8. The predicted octanol–water partition coefficient (Wildman–Crippen LogP) is 1.90. The first kappa shape index (κ1) is 15.0. The SMILES string of the molecule is CC(C)CN(CC(N)=O)C1CCCCCC1C#N. The molecule has 1 saturated carbocycles. The number of nitrogens with two attached hydrogens (primary N) is 1. The average Bonchev–Trinajstić information content (AvgIpc) is 2.51. The van der Waals surface area contributed by atoms with E-state index in [0.717, 1.165) is 32.2 Å². The maximum Gasteiger partial charge on any atom is 0.231 e. The maximum absolute atomic E-state index is 11.2. The molecule has 2 N–H and O–H groups in total. The van der Waals surface area contributed by atoms with Crippen LogP contribution in [-0.4, -0.2) is 29.9 Å². The molecule has 0 aromatic rings. The fraction of sp³-hybridized carbons (Fsp3) is 0.857. The quantitative estimate of drug-likeness (QED) is 0.759. The molecule has 0 bridgehead atoms. The van der Waals surface area contributed by atoms with Crippen LogP contribution in [0.4, 0.5) is 0 Å². The minimum Gasteiger partial charge on any atom is -0.369 e. The zero-order valence-corrected chi connectivity index (χ0v) is 11.6. The summed E-state index contributed by atoms with van der Waals surface area (Å²) in [7, 11) is 0. The van der Waals surface area contributed by atoms with Crippen molar-refractivity contribution in [1.82, 2.24) is 4.90 Å². The number of nitrogens with zero attached hydrogens (tertiary/aromatic N) is 2. The van der Waals surface area contributed by atoms with Crippen molar-refractivity contribution in [2.75, 3.05) is 13.1 Å². The first-order valence-electron chi connectivity index (χ1n) is 6.96. The lowest BCUT2D eigenvalue weighted by Crippen LogP contribution is -2.46. The standard InChI is InChI=1S/C14H25N3O/c1-11(2)9-17(10-14(16)18)13-7-5-3-4-6-12(13)8-15/h11-13H,3-7,9-10H2,1-2H3,(H2,16,18). The number of carbonyl (C=O) groups excluding carboxylic acids is 1. The molecule has 0 aliphatic heterocycles. The summed E-state index contributed by atoms with van der Waals surface area (Å²) in [6, 6.07) is 2.63. The first-order chi connectivity index (χ1) is 8.54. The average molecular weight is 251 g/mol. The number of rotatable bonds is 5. The number of hydrogen-bond donors (Lipinski definition) is 1. The van der Waals surface area contributed by atoms with Crippen LogP contribution in [0.1, 0.15) is 46.0 Å². The molecule has 0 heterocycles. The smallest absolute Gasteiger partial charge is 0.231 e. The highest BCUT2D eigenvalue weighted by Crippen LogP contribution is 2.27. The summed E-state index contributed by atoms with van der Waals surface area (Å²) in [5.74, 6) is 0.231. The molecular weight excluding hydrogens is 226 g/mol. The van der Waals surface area contributed by atoms with Crippen molar-refractivity contribution in [2.24, 2.45) is 17.6 Å². The van der Waals surface area contributed by atoms with Gasteiger partial charge in [0.15, 0.2) is 0 Å². The fourth-order valence-electron chi connectivity index (χ4n) is 2.86. The van der Waals surface area contributed by atoms with Gasteiger partial charge in [-0.3, -0.25) is 9.69 Å². The summed E-state index contributed by atoms with van der Waals surface area (Å²) >= 11 is 0. The second kappa shape index (κ2) is 7.38. The molecule has 1 amide bonds. The van der Waals surface area contributed by atoms with Gasteiger partial charge in [0.2, 0.25) is 5.91 Å². The highest BCUT2D eigenvalue weighted by molar-refractivity contribution is 5.76. The van der Waals surface area contributed by atoms with E-state index in [-0.39, 0.29) is 24.4 Å². The number of hydrogen-bond acceptors (Lipinski definition) is 3. The molecule has 18 heavy (non-hydrogen) atoms. The molecule has 0 radical (unpaired) electrons. The Bertz CT molecular complexity index is 309. The zero-order chi connectivity index (χ0) is 13.5. The van der Waals surface area contributed by atoms with Gasteiger partial charge >= 0.3 is 0 Å². The van der Waals surface area contributed by atoms with Crippen LogP contribution in [-0.2, 0) is 4.79 Å². The van der Waals surface area contributed by atoms with Crippen LogP contribution >= 0.6 is 0 Å². The summed E-state index contributed by atoms with van der Waals surface area (Å²) in [5, 5.41) is 9.31. The molecule has 0 aromatic carbocycles. The highest BCUT2D eigenvalue weighted by atomic mass is 16.1. The van der Waals surface area contributed by atoms with Gasteiger partial charge in [0.05, 0.1) is 18.5 Å². The van der Waals surface area contributed by atoms with E-state index in [1.54, 1.807) is 0 Å². The minimum absolute atomic E-state index is 0.0469. The molecule has 1 aliphatic rings. The van der Waals surface area contributed by atoms with Gasteiger partial charge in [0.1, 0.15) is 0 Å². The van der Waals surface area contributed by atoms with Crippen molar-refractivity contribution >= 4 is 5.91 Å². The Balaban J connectivity index is 2.78. The lowest BCUT2D eigenvalue weighted by molar-refractivity contribution is -0.120. The molecule has 1 rings (SSSR count). The maximum atomic E-state index is 11.2. The minimum atomic E-state index is -0.295. The van der Waals surface area contributed by atoms with Crippen molar-refractivity contribution in [1.29, 1.82) is 5.26 Å². The number of amides is 1. The van der Waals surface area contributed by atoms with Crippen molar-refractivity contribution < 1.29 is 4.79 Å². The summed E-state index contributed by atoms with van der Waals surface area (Å²) in [5.41, 5.74) is 5.34. The topological polar surface area (TPSA) is 70.1 Å². The van der Waals surface area contributed by atoms with Gasteiger partial charge in [-0.05, 0) is 18.8 Å². The molecule has 4 nitrogen and oxygen atoms in total. The third-order valence-corrected chi connectivity index (χ3v) is 3.57. The molecule has 4 heteroatoms. The van der Waals surface area contributed by atoms with Crippen molar-refractivity contribution in [3.05, 3.63) is 0 Å². The molecule has 0 aromatic heterocycles. The number of carbonyl (C=O) groups is 1. The summed E-state index contributed by atoms with van der Waals surface area (Å²) < 4.78 is 0. The lowest BCUT2D eigenvalue weighted by atomic mass is 9.94. The summed E-state index contributed by atoms with van der Waals surface area (Å²) in [6.07, 6.45) is 5.44. The van der Waals surface area contributed by atoms with Crippen LogP contribution in [0.3, 0.4) is 0 Å². The fourth-order valence-corrected chi connectivity index (χ4v) is 2.86. The van der Waals surface area contributed by atoms with E-state index in [2.05, 4.69) is 24.8 Å². The monoisotopic (exact) mass is 251 g/mol. The molecule has 1 aliphatic carbocycles. The van der Waals surface area contributed by atoms with Crippen LogP contribution in [0.25, 0.3) is 0 Å². The first-order valence-corrected chi connectivity index (χ1v) is 6.96. The highest BCUT2D eigenvalue weighted by Gasteiger charge is 2.29. The van der Waals surface area contributed by atoms with Crippen LogP contribution < -0.4 is 5.73 Å². The Morgan fingerprint density at radius 1 is 1.39 bits per heavy atom. The Morgan fingerprint density at radius 2 is 2.06 bits per heavy atom. The van der Waals surface area contributed by atoms with Crippen molar-refractivity contribution in [3.8, 4) is 6.07 Å². The van der Waals surface area contributed by atoms with E-state index in [1.165, 1.54) is 6.42 Å². The van der Waals surface area contributed by atoms with Gasteiger partial charge in [-0.1, -0.05) is 33.1 Å². The van der Waals surface area contributed by atoms with E-state index >= 15 is 0 Å². The van der Waals surface area contributed by atoms with Crippen LogP contribution in [0, 0.1) is 23.2 Å². The lowest BCUT2D eigenvalue weighted by Gasteiger charge is -2.33. The molecular formula is C14H25N3O. The molecule has 2 unspecified atom stereocenters. The van der Waals surface area contributed by atoms with E-state index in [0.29, 0.717) is 5.92 Å². The largest absolute Gasteiger partial charge is 0.369 e. The second-order valence-electron chi connectivity index (χ2n) is 5.73. The molecule has 1 fully saturated rings. The van der Waals surface area contributed by atoms with E-state index in [4.69, 9.17) is 5.73 Å². The van der Waals surface area contributed by atoms with E-state index < -0.39 is 0 Å². The third-order valence-electron chi connectivity index (χ3n) is 3.57. The Kier molecular flexibility index (Phi) is 6.14. The Hall–Kier alpha value is -1.08. The van der Waals surface area contributed by atoms with Gasteiger partial charge in [-0.25, -0.2) is 0 Å². The van der Waals surface area contributed by atoms with E-state index in [1.807, 2.05) is 0 Å². The van der Waals surface area contributed by atoms with Gasteiger partial charge < -0.3 is 5.73 Å². The molecule has 0 spiro atoms.